The van der Waals surface area contributed by atoms with E-state index in [9.17, 15) is 18.0 Å². The predicted octanol–water partition coefficient (Wildman–Crippen LogP) is 2.89. The highest BCUT2D eigenvalue weighted by atomic mass is 19.4. The quantitative estimate of drug-likeness (QED) is 0.886. The van der Waals surface area contributed by atoms with Gasteiger partial charge in [-0.3, -0.25) is 4.79 Å². The molecular weight excluding hydrogens is 257 g/mol. The number of carbonyl (C=O) groups is 1. The maximum Gasteiger partial charge on any atom is 0.416 e. The third-order valence-electron chi connectivity index (χ3n) is 2.79. The van der Waals surface area contributed by atoms with Crippen molar-refractivity contribution in [3.8, 4) is 0 Å². The van der Waals surface area contributed by atoms with Gasteiger partial charge in [0, 0.05) is 19.3 Å². The Morgan fingerprint density at radius 1 is 1.16 bits per heavy atom. The third kappa shape index (κ3) is 4.15. The van der Waals surface area contributed by atoms with E-state index in [0.717, 1.165) is 12.1 Å². The first-order valence-corrected chi connectivity index (χ1v) is 5.80. The van der Waals surface area contributed by atoms with Crippen LogP contribution in [0.5, 0.6) is 0 Å². The van der Waals surface area contributed by atoms with Gasteiger partial charge in [-0.25, -0.2) is 0 Å². The van der Waals surface area contributed by atoms with Gasteiger partial charge in [-0.2, -0.15) is 13.2 Å². The summed E-state index contributed by atoms with van der Waals surface area (Å²) in [6.45, 7) is 3.84. The minimum atomic E-state index is -4.33. The summed E-state index contributed by atoms with van der Waals surface area (Å²) >= 11 is 0. The van der Waals surface area contributed by atoms with Gasteiger partial charge in [-0.15, -0.1) is 0 Å². The first-order valence-electron chi connectivity index (χ1n) is 5.80. The predicted molar refractivity (Wildman–Crippen MR) is 67.8 cm³/mol. The van der Waals surface area contributed by atoms with Crippen LogP contribution in [0.25, 0.3) is 0 Å². The fourth-order valence-corrected chi connectivity index (χ4v) is 1.52. The van der Waals surface area contributed by atoms with Crippen LogP contribution < -0.4 is 10.6 Å². The minimum Gasteiger partial charge on any atom is -0.384 e. The molecule has 1 aromatic carbocycles. The largest absolute Gasteiger partial charge is 0.416 e. The van der Waals surface area contributed by atoms with Gasteiger partial charge in [0.15, 0.2) is 0 Å². The van der Waals surface area contributed by atoms with Crippen molar-refractivity contribution in [3.63, 3.8) is 0 Å². The van der Waals surface area contributed by atoms with Crippen LogP contribution in [0.1, 0.15) is 19.4 Å². The lowest BCUT2D eigenvalue weighted by Gasteiger charge is -2.23. The average Bonchev–Trinajstić information content (AvgIpc) is 2.35. The number of amides is 1. The molecule has 1 aromatic rings. The van der Waals surface area contributed by atoms with Gasteiger partial charge in [0.1, 0.15) is 0 Å². The van der Waals surface area contributed by atoms with Crippen molar-refractivity contribution in [2.45, 2.75) is 20.0 Å². The molecular formula is C13H17F3N2O. The van der Waals surface area contributed by atoms with Crippen LogP contribution in [0, 0.1) is 5.41 Å². The summed E-state index contributed by atoms with van der Waals surface area (Å²) in [5.74, 6) is -0.132. The molecule has 0 saturated carbocycles. The smallest absolute Gasteiger partial charge is 0.384 e. The number of benzene rings is 1. The maximum atomic E-state index is 12.4. The number of hydrogen-bond donors (Lipinski definition) is 2. The van der Waals surface area contributed by atoms with Crippen LogP contribution in [-0.4, -0.2) is 19.5 Å². The van der Waals surface area contributed by atoms with Crippen LogP contribution in [0.2, 0.25) is 0 Å². The van der Waals surface area contributed by atoms with Crippen LogP contribution in [-0.2, 0) is 11.0 Å². The van der Waals surface area contributed by atoms with E-state index in [1.54, 1.807) is 20.9 Å². The molecule has 1 rings (SSSR count). The monoisotopic (exact) mass is 274 g/mol. The molecule has 0 atom stereocenters. The van der Waals surface area contributed by atoms with Crippen molar-refractivity contribution in [1.82, 2.24) is 5.32 Å². The van der Waals surface area contributed by atoms with Crippen LogP contribution >= 0.6 is 0 Å². The second-order valence-corrected chi connectivity index (χ2v) is 4.89. The van der Waals surface area contributed by atoms with Crippen molar-refractivity contribution >= 4 is 11.6 Å². The standard InChI is InChI=1S/C13H17F3N2O/c1-12(2,11(19)17-3)8-18-10-6-4-9(5-7-10)13(14,15)16/h4-7,18H,8H2,1-3H3,(H,17,19). The fourth-order valence-electron chi connectivity index (χ4n) is 1.52. The Kier molecular flexibility index (Phi) is 4.44. The Morgan fingerprint density at radius 3 is 2.11 bits per heavy atom. The number of anilines is 1. The van der Waals surface area contributed by atoms with Gasteiger partial charge in [-0.05, 0) is 38.1 Å². The minimum absolute atomic E-state index is 0.132. The topological polar surface area (TPSA) is 41.1 Å². The fraction of sp³-hybridized carbons (Fsp3) is 0.462. The molecule has 0 fully saturated rings. The van der Waals surface area contributed by atoms with Crippen molar-refractivity contribution in [1.29, 1.82) is 0 Å². The van der Waals surface area contributed by atoms with Crippen molar-refractivity contribution in [2.24, 2.45) is 5.41 Å². The Labute approximate surface area is 110 Å². The van der Waals surface area contributed by atoms with Crippen molar-refractivity contribution in [2.75, 3.05) is 18.9 Å². The summed E-state index contributed by atoms with van der Waals surface area (Å²) in [5.41, 5.74) is -0.786. The average molecular weight is 274 g/mol. The highest BCUT2D eigenvalue weighted by Crippen LogP contribution is 2.30. The van der Waals surface area contributed by atoms with E-state index in [1.165, 1.54) is 12.1 Å². The van der Waals surface area contributed by atoms with E-state index in [4.69, 9.17) is 0 Å². The molecule has 0 heterocycles. The summed E-state index contributed by atoms with van der Waals surface area (Å²) in [4.78, 5) is 11.5. The second kappa shape index (κ2) is 5.50. The number of nitrogens with one attached hydrogen (secondary N) is 2. The highest BCUT2D eigenvalue weighted by molar-refractivity contribution is 5.82. The van der Waals surface area contributed by atoms with Crippen LogP contribution in [0.15, 0.2) is 24.3 Å². The Morgan fingerprint density at radius 2 is 1.68 bits per heavy atom. The maximum absolute atomic E-state index is 12.4. The number of halogens is 3. The van der Waals surface area contributed by atoms with Gasteiger partial charge >= 0.3 is 6.18 Å². The molecule has 0 aliphatic heterocycles. The molecule has 0 aromatic heterocycles. The summed E-state index contributed by atoms with van der Waals surface area (Å²) in [7, 11) is 1.54. The van der Waals surface area contributed by atoms with Crippen molar-refractivity contribution in [3.05, 3.63) is 29.8 Å². The zero-order valence-electron chi connectivity index (χ0n) is 11.1. The SMILES string of the molecule is CNC(=O)C(C)(C)CNc1ccc(C(F)(F)F)cc1. The Bertz CT molecular complexity index is 438. The Hall–Kier alpha value is -1.72. The molecule has 2 N–H and O–H groups in total. The lowest BCUT2D eigenvalue weighted by molar-refractivity contribution is -0.137. The molecule has 1 amide bonds. The molecule has 0 aliphatic rings. The summed E-state index contributed by atoms with van der Waals surface area (Å²) in [6, 6.07) is 4.72. The lowest BCUT2D eigenvalue weighted by Crippen LogP contribution is -2.39. The van der Waals surface area contributed by atoms with E-state index in [2.05, 4.69) is 10.6 Å². The summed E-state index contributed by atoms with van der Waals surface area (Å²) in [5, 5.41) is 5.49. The lowest BCUT2D eigenvalue weighted by atomic mass is 9.92. The number of alkyl halides is 3. The number of hydrogen-bond acceptors (Lipinski definition) is 2. The van der Waals surface area contributed by atoms with Gasteiger partial charge in [0.25, 0.3) is 0 Å². The molecule has 6 heteroatoms. The normalized spacial score (nSPS) is 12.1. The first kappa shape index (κ1) is 15.3. The zero-order chi connectivity index (χ0) is 14.7. The molecule has 106 valence electrons. The Balaban J connectivity index is 2.67. The van der Waals surface area contributed by atoms with E-state index in [-0.39, 0.29) is 5.91 Å². The van der Waals surface area contributed by atoms with E-state index in [0.29, 0.717) is 12.2 Å². The molecule has 3 nitrogen and oxygen atoms in total. The van der Waals surface area contributed by atoms with Crippen LogP contribution in [0.3, 0.4) is 0 Å². The molecule has 19 heavy (non-hydrogen) atoms. The van der Waals surface area contributed by atoms with E-state index < -0.39 is 17.2 Å². The molecule has 0 aliphatic carbocycles. The second-order valence-electron chi connectivity index (χ2n) is 4.89. The van der Waals surface area contributed by atoms with E-state index in [1.807, 2.05) is 0 Å². The van der Waals surface area contributed by atoms with Crippen molar-refractivity contribution < 1.29 is 18.0 Å². The van der Waals surface area contributed by atoms with Crippen LogP contribution in [0.4, 0.5) is 18.9 Å². The molecule has 0 spiro atoms. The van der Waals surface area contributed by atoms with Gasteiger partial charge in [0.05, 0.1) is 11.0 Å². The van der Waals surface area contributed by atoms with Gasteiger partial charge in [-0.1, -0.05) is 0 Å². The number of rotatable bonds is 4. The molecule has 0 radical (unpaired) electrons. The first-order chi connectivity index (χ1) is 8.66. The summed E-state index contributed by atoms with van der Waals surface area (Å²) in [6.07, 6.45) is -4.33. The molecule has 0 unspecified atom stereocenters. The number of carbonyl (C=O) groups excluding carboxylic acids is 1. The van der Waals surface area contributed by atoms with Gasteiger partial charge in [0.2, 0.25) is 5.91 Å². The molecule has 0 bridgehead atoms. The van der Waals surface area contributed by atoms with E-state index >= 15 is 0 Å². The molecule has 0 saturated heterocycles. The zero-order valence-corrected chi connectivity index (χ0v) is 11.1. The summed E-state index contributed by atoms with van der Waals surface area (Å²) < 4.78 is 37.1. The van der Waals surface area contributed by atoms with Gasteiger partial charge < -0.3 is 10.6 Å². The third-order valence-corrected chi connectivity index (χ3v) is 2.79. The highest BCUT2D eigenvalue weighted by Gasteiger charge is 2.30.